The van der Waals surface area contributed by atoms with Crippen LogP contribution in [-0.4, -0.2) is 6.18 Å². The fourth-order valence-corrected chi connectivity index (χ4v) is 1.64. The molecule has 16 heavy (non-hydrogen) atoms. The van der Waals surface area contributed by atoms with E-state index in [0.29, 0.717) is 17.9 Å². The van der Waals surface area contributed by atoms with Crippen LogP contribution in [0.5, 0.6) is 0 Å². The molecule has 0 saturated heterocycles. The standard InChI is InChI=1S/C12H16F3N/c1-8(2)7-9-5-3-4-6-10(9)11(16)12(13,14)15/h3-6,8,11H,7,16H2,1-2H3/t11-/m1/s1. The Morgan fingerprint density at radius 2 is 1.75 bits per heavy atom. The van der Waals surface area contributed by atoms with Crippen molar-refractivity contribution < 1.29 is 13.2 Å². The molecule has 0 bridgehead atoms. The normalized spacial score (nSPS) is 14.2. The lowest BCUT2D eigenvalue weighted by atomic mass is 9.94. The Balaban J connectivity index is 3.03. The quantitative estimate of drug-likeness (QED) is 0.847. The topological polar surface area (TPSA) is 26.0 Å². The highest BCUT2D eigenvalue weighted by atomic mass is 19.4. The van der Waals surface area contributed by atoms with Crippen LogP contribution in [0.25, 0.3) is 0 Å². The molecule has 0 radical (unpaired) electrons. The lowest BCUT2D eigenvalue weighted by Gasteiger charge is -2.20. The molecule has 0 spiro atoms. The second kappa shape index (κ2) is 4.87. The Hall–Kier alpha value is -1.03. The Labute approximate surface area is 93.5 Å². The van der Waals surface area contributed by atoms with Crippen molar-refractivity contribution in [3.63, 3.8) is 0 Å². The summed E-state index contributed by atoms with van der Waals surface area (Å²) >= 11 is 0. The molecule has 1 aromatic rings. The van der Waals surface area contributed by atoms with E-state index >= 15 is 0 Å². The van der Waals surface area contributed by atoms with Crippen molar-refractivity contribution in [2.45, 2.75) is 32.5 Å². The first kappa shape index (κ1) is 13.0. The molecule has 0 aliphatic carbocycles. The van der Waals surface area contributed by atoms with E-state index in [-0.39, 0.29) is 5.56 Å². The van der Waals surface area contributed by atoms with Crippen LogP contribution < -0.4 is 5.73 Å². The Morgan fingerprint density at radius 3 is 2.25 bits per heavy atom. The van der Waals surface area contributed by atoms with E-state index in [1.807, 2.05) is 13.8 Å². The van der Waals surface area contributed by atoms with Crippen molar-refractivity contribution in [2.24, 2.45) is 11.7 Å². The molecule has 0 aliphatic rings. The highest BCUT2D eigenvalue weighted by Gasteiger charge is 2.38. The first-order valence-corrected chi connectivity index (χ1v) is 5.22. The van der Waals surface area contributed by atoms with Crippen LogP contribution in [0.4, 0.5) is 13.2 Å². The molecule has 2 N–H and O–H groups in total. The molecule has 1 nitrogen and oxygen atoms in total. The summed E-state index contributed by atoms with van der Waals surface area (Å²) in [5, 5.41) is 0. The minimum atomic E-state index is -4.38. The molecular formula is C12H16F3N. The number of rotatable bonds is 3. The van der Waals surface area contributed by atoms with Gasteiger partial charge in [0.2, 0.25) is 0 Å². The first-order chi connectivity index (χ1) is 7.32. The zero-order valence-corrected chi connectivity index (χ0v) is 9.38. The maximum Gasteiger partial charge on any atom is 0.407 e. The molecule has 0 amide bonds. The van der Waals surface area contributed by atoms with Gasteiger partial charge in [0, 0.05) is 0 Å². The Kier molecular flexibility index (Phi) is 3.97. The summed E-state index contributed by atoms with van der Waals surface area (Å²) in [5.41, 5.74) is 6.09. The number of benzene rings is 1. The summed E-state index contributed by atoms with van der Waals surface area (Å²) < 4.78 is 37.6. The van der Waals surface area contributed by atoms with E-state index in [0.717, 1.165) is 0 Å². The van der Waals surface area contributed by atoms with Gasteiger partial charge in [-0.1, -0.05) is 38.1 Å². The molecule has 1 atom stereocenters. The van der Waals surface area contributed by atoms with Crippen LogP contribution in [0.3, 0.4) is 0 Å². The fourth-order valence-electron chi connectivity index (χ4n) is 1.64. The van der Waals surface area contributed by atoms with Gasteiger partial charge < -0.3 is 5.73 Å². The lowest BCUT2D eigenvalue weighted by Crippen LogP contribution is -2.29. The molecule has 0 heterocycles. The predicted octanol–water partition coefficient (Wildman–Crippen LogP) is 3.45. The zero-order valence-electron chi connectivity index (χ0n) is 9.38. The van der Waals surface area contributed by atoms with Gasteiger partial charge in [-0.15, -0.1) is 0 Å². The smallest absolute Gasteiger partial charge is 0.316 e. The molecule has 0 aromatic heterocycles. The zero-order chi connectivity index (χ0) is 12.3. The molecule has 90 valence electrons. The Bertz CT molecular complexity index is 344. The summed E-state index contributed by atoms with van der Waals surface area (Å²) in [5.74, 6) is 0.307. The van der Waals surface area contributed by atoms with Gasteiger partial charge in [0.25, 0.3) is 0 Å². The number of nitrogens with two attached hydrogens (primary N) is 1. The van der Waals surface area contributed by atoms with Crippen LogP contribution in [0.1, 0.15) is 31.0 Å². The highest BCUT2D eigenvalue weighted by Crippen LogP contribution is 2.32. The number of alkyl halides is 3. The number of hydrogen-bond acceptors (Lipinski definition) is 1. The first-order valence-electron chi connectivity index (χ1n) is 5.22. The molecule has 1 aromatic carbocycles. The summed E-state index contributed by atoms with van der Waals surface area (Å²) in [6.07, 6.45) is -3.77. The third-order valence-electron chi connectivity index (χ3n) is 2.37. The van der Waals surface area contributed by atoms with Crippen molar-refractivity contribution in [2.75, 3.05) is 0 Å². The molecule has 0 aliphatic heterocycles. The van der Waals surface area contributed by atoms with Crippen molar-refractivity contribution >= 4 is 0 Å². The van der Waals surface area contributed by atoms with E-state index in [1.165, 1.54) is 6.07 Å². The molecule has 4 heteroatoms. The van der Waals surface area contributed by atoms with Crippen LogP contribution >= 0.6 is 0 Å². The van der Waals surface area contributed by atoms with Crippen LogP contribution in [0, 0.1) is 5.92 Å². The predicted molar refractivity (Wildman–Crippen MR) is 58.0 cm³/mol. The Morgan fingerprint density at radius 1 is 1.19 bits per heavy atom. The van der Waals surface area contributed by atoms with Crippen molar-refractivity contribution in [3.8, 4) is 0 Å². The summed E-state index contributed by atoms with van der Waals surface area (Å²) in [6, 6.07) is 4.61. The minimum Gasteiger partial charge on any atom is -0.316 e. The SMILES string of the molecule is CC(C)Cc1ccccc1[C@@H](N)C(F)(F)F. The van der Waals surface area contributed by atoms with Crippen molar-refractivity contribution in [3.05, 3.63) is 35.4 Å². The monoisotopic (exact) mass is 231 g/mol. The van der Waals surface area contributed by atoms with Gasteiger partial charge in [-0.2, -0.15) is 13.2 Å². The molecule has 0 unspecified atom stereocenters. The number of hydrogen-bond donors (Lipinski definition) is 1. The average Bonchev–Trinajstić information content (AvgIpc) is 2.15. The van der Waals surface area contributed by atoms with Gasteiger partial charge in [0.05, 0.1) is 0 Å². The average molecular weight is 231 g/mol. The van der Waals surface area contributed by atoms with E-state index in [9.17, 15) is 13.2 Å². The van der Waals surface area contributed by atoms with Crippen LogP contribution in [0.15, 0.2) is 24.3 Å². The van der Waals surface area contributed by atoms with Gasteiger partial charge in [-0.05, 0) is 23.5 Å². The minimum absolute atomic E-state index is 0.184. The molecule has 1 rings (SSSR count). The summed E-state index contributed by atoms with van der Waals surface area (Å²) in [7, 11) is 0. The summed E-state index contributed by atoms with van der Waals surface area (Å²) in [6.45, 7) is 3.94. The lowest BCUT2D eigenvalue weighted by molar-refractivity contribution is -0.149. The number of halogens is 3. The third-order valence-corrected chi connectivity index (χ3v) is 2.37. The van der Waals surface area contributed by atoms with E-state index in [4.69, 9.17) is 5.73 Å². The van der Waals surface area contributed by atoms with Gasteiger partial charge in [0.15, 0.2) is 0 Å². The fraction of sp³-hybridized carbons (Fsp3) is 0.500. The molecule has 0 saturated carbocycles. The van der Waals surface area contributed by atoms with Gasteiger partial charge in [-0.25, -0.2) is 0 Å². The second-order valence-electron chi connectivity index (χ2n) is 4.32. The largest absolute Gasteiger partial charge is 0.407 e. The second-order valence-corrected chi connectivity index (χ2v) is 4.32. The molecular weight excluding hydrogens is 215 g/mol. The maximum atomic E-state index is 12.5. The third kappa shape index (κ3) is 3.23. The van der Waals surface area contributed by atoms with E-state index in [1.54, 1.807) is 18.2 Å². The van der Waals surface area contributed by atoms with Gasteiger partial charge >= 0.3 is 6.18 Å². The van der Waals surface area contributed by atoms with Gasteiger partial charge in [0.1, 0.15) is 6.04 Å². The highest BCUT2D eigenvalue weighted by molar-refractivity contribution is 5.31. The van der Waals surface area contributed by atoms with E-state index < -0.39 is 12.2 Å². The summed E-state index contributed by atoms with van der Waals surface area (Å²) in [4.78, 5) is 0. The van der Waals surface area contributed by atoms with Crippen molar-refractivity contribution in [1.82, 2.24) is 0 Å². The van der Waals surface area contributed by atoms with Crippen LogP contribution in [-0.2, 0) is 6.42 Å². The van der Waals surface area contributed by atoms with Crippen molar-refractivity contribution in [1.29, 1.82) is 0 Å². The maximum absolute atomic E-state index is 12.5. The molecule has 0 fully saturated rings. The van der Waals surface area contributed by atoms with Gasteiger partial charge in [-0.3, -0.25) is 0 Å². The van der Waals surface area contributed by atoms with Crippen LogP contribution in [0.2, 0.25) is 0 Å². The van der Waals surface area contributed by atoms with E-state index in [2.05, 4.69) is 0 Å².